The predicted octanol–water partition coefficient (Wildman–Crippen LogP) is 3.75. The number of halogens is 2. The van der Waals surface area contributed by atoms with Crippen molar-refractivity contribution in [3.8, 4) is 0 Å². The van der Waals surface area contributed by atoms with Crippen LogP contribution in [0.3, 0.4) is 0 Å². The molecule has 0 saturated heterocycles. The van der Waals surface area contributed by atoms with Gasteiger partial charge in [0, 0.05) is 6.54 Å². The smallest absolute Gasteiger partial charge is 0.335 e. The quantitative estimate of drug-likeness (QED) is 0.775. The average Bonchev–Trinajstić information content (AvgIpc) is 2.48. The van der Waals surface area contributed by atoms with E-state index in [0.717, 1.165) is 16.4 Å². The zero-order valence-corrected chi connectivity index (χ0v) is 12.6. The lowest BCUT2D eigenvalue weighted by Crippen LogP contribution is -2.35. The lowest BCUT2D eigenvalue weighted by atomic mass is 10.1. The lowest BCUT2D eigenvalue weighted by Gasteiger charge is -2.48. The minimum atomic E-state index is -3.61. The molecule has 5 nitrogen and oxygen atoms in total. The Morgan fingerprint density at radius 1 is 1.13 bits per heavy atom. The first-order valence-electron chi connectivity index (χ1n) is 6.68. The number of nitrogens with zero attached hydrogens (tertiary/aromatic N) is 1. The standard InChI is InChI=1S/C15H13F2NO4S/c16-11-3-1-9-5-6-18(23(21,22)14(9)8-11)13-4-2-10(15(19)20)7-12(13)17/h1-4,7-8,21-22H,5-6H2,(H,19,20). The predicted molar refractivity (Wildman–Crippen MR) is 81.9 cm³/mol. The van der Waals surface area contributed by atoms with E-state index < -0.39 is 28.4 Å². The highest BCUT2D eigenvalue weighted by Crippen LogP contribution is 2.57. The van der Waals surface area contributed by atoms with E-state index in [2.05, 4.69) is 0 Å². The second-order valence-electron chi connectivity index (χ2n) is 5.09. The van der Waals surface area contributed by atoms with Gasteiger partial charge in [-0.25, -0.2) is 13.6 Å². The molecule has 2 aromatic carbocycles. The van der Waals surface area contributed by atoms with E-state index in [1.165, 1.54) is 24.3 Å². The van der Waals surface area contributed by atoms with Crippen LogP contribution in [-0.2, 0) is 6.42 Å². The SMILES string of the molecule is O=C(O)c1ccc(N2CCc3ccc(F)cc3S2(O)O)c(F)c1. The van der Waals surface area contributed by atoms with E-state index in [9.17, 15) is 22.7 Å². The molecule has 1 heterocycles. The fraction of sp³-hybridized carbons (Fsp3) is 0.133. The molecule has 122 valence electrons. The molecule has 1 aliphatic rings. The number of hydrogen-bond acceptors (Lipinski definition) is 4. The molecule has 23 heavy (non-hydrogen) atoms. The van der Waals surface area contributed by atoms with Crippen molar-refractivity contribution in [2.24, 2.45) is 0 Å². The zero-order chi connectivity index (χ0) is 16.8. The molecule has 8 heteroatoms. The number of hydrogen-bond donors (Lipinski definition) is 3. The van der Waals surface area contributed by atoms with Gasteiger partial charge in [-0.2, -0.15) is 0 Å². The Morgan fingerprint density at radius 2 is 1.87 bits per heavy atom. The zero-order valence-electron chi connectivity index (χ0n) is 11.7. The maximum atomic E-state index is 14.2. The molecule has 0 bridgehead atoms. The Balaban J connectivity index is 2.06. The van der Waals surface area contributed by atoms with Crippen molar-refractivity contribution in [1.29, 1.82) is 0 Å². The van der Waals surface area contributed by atoms with Crippen molar-refractivity contribution in [2.75, 3.05) is 10.8 Å². The summed E-state index contributed by atoms with van der Waals surface area (Å²) < 4.78 is 49.6. The number of carboxylic acids is 1. The van der Waals surface area contributed by atoms with E-state index in [4.69, 9.17) is 5.11 Å². The normalized spacial score (nSPS) is 17.5. The van der Waals surface area contributed by atoms with Gasteiger partial charge in [0.2, 0.25) is 0 Å². The fourth-order valence-electron chi connectivity index (χ4n) is 2.56. The van der Waals surface area contributed by atoms with Gasteiger partial charge in [-0.15, -0.1) is 0 Å². The van der Waals surface area contributed by atoms with Gasteiger partial charge in [0.1, 0.15) is 11.6 Å². The minimum Gasteiger partial charge on any atom is -0.478 e. The van der Waals surface area contributed by atoms with Crippen molar-refractivity contribution in [2.45, 2.75) is 11.3 Å². The highest BCUT2D eigenvalue weighted by atomic mass is 32.3. The molecule has 0 fully saturated rings. The molecule has 0 aliphatic carbocycles. The summed E-state index contributed by atoms with van der Waals surface area (Å²) in [4.78, 5) is 10.9. The summed E-state index contributed by atoms with van der Waals surface area (Å²) in [6, 6.07) is 6.90. The summed E-state index contributed by atoms with van der Waals surface area (Å²) in [6.45, 7) is 0.115. The second-order valence-corrected chi connectivity index (χ2v) is 7.01. The number of rotatable bonds is 2. The molecule has 3 N–H and O–H groups in total. The second kappa shape index (κ2) is 5.48. The summed E-state index contributed by atoms with van der Waals surface area (Å²) in [6.07, 6.45) is 0.381. The summed E-state index contributed by atoms with van der Waals surface area (Å²) in [7, 11) is -3.61. The summed E-state index contributed by atoms with van der Waals surface area (Å²) in [5.41, 5.74) is 0.210. The average molecular weight is 341 g/mol. The molecule has 0 spiro atoms. The molecule has 1 aliphatic heterocycles. The monoisotopic (exact) mass is 341 g/mol. The largest absolute Gasteiger partial charge is 0.478 e. The van der Waals surface area contributed by atoms with Gasteiger partial charge in [0.25, 0.3) is 0 Å². The number of fused-ring (bicyclic) bond motifs is 1. The molecule has 0 saturated carbocycles. The van der Waals surface area contributed by atoms with Crippen LogP contribution in [0, 0.1) is 11.6 Å². The van der Waals surface area contributed by atoms with Gasteiger partial charge >= 0.3 is 5.97 Å². The van der Waals surface area contributed by atoms with Crippen LogP contribution >= 0.6 is 10.8 Å². The summed E-state index contributed by atoms with van der Waals surface area (Å²) >= 11 is 0. The van der Waals surface area contributed by atoms with Crippen LogP contribution in [0.4, 0.5) is 14.5 Å². The van der Waals surface area contributed by atoms with Crippen molar-refractivity contribution in [1.82, 2.24) is 0 Å². The topological polar surface area (TPSA) is 81.0 Å². The van der Waals surface area contributed by atoms with Crippen LogP contribution in [0.25, 0.3) is 0 Å². The van der Waals surface area contributed by atoms with E-state index in [0.29, 0.717) is 12.0 Å². The molecule has 0 unspecified atom stereocenters. The maximum absolute atomic E-state index is 14.2. The Bertz CT molecular complexity index is 797. The van der Waals surface area contributed by atoms with Crippen LogP contribution in [0.5, 0.6) is 0 Å². The first-order valence-corrected chi connectivity index (χ1v) is 8.18. The van der Waals surface area contributed by atoms with Gasteiger partial charge < -0.3 is 5.11 Å². The lowest BCUT2D eigenvalue weighted by molar-refractivity contribution is 0.0696. The van der Waals surface area contributed by atoms with Crippen molar-refractivity contribution in [3.63, 3.8) is 0 Å². The number of carboxylic acid groups (broad SMARTS) is 1. The first-order chi connectivity index (χ1) is 10.8. The summed E-state index contributed by atoms with van der Waals surface area (Å²) in [5, 5.41) is 8.86. The Kier molecular flexibility index (Phi) is 3.75. The van der Waals surface area contributed by atoms with Crippen molar-refractivity contribution < 1.29 is 27.8 Å². The van der Waals surface area contributed by atoms with Crippen LogP contribution < -0.4 is 4.31 Å². The third-order valence-corrected chi connectivity index (χ3v) is 5.64. The van der Waals surface area contributed by atoms with Crippen molar-refractivity contribution in [3.05, 3.63) is 59.2 Å². The first kappa shape index (κ1) is 15.7. The minimum absolute atomic E-state index is 0.0189. The molecule has 0 radical (unpaired) electrons. The molecule has 0 aromatic heterocycles. The highest BCUT2D eigenvalue weighted by Gasteiger charge is 2.34. The molecule has 2 aromatic rings. The van der Waals surface area contributed by atoms with Crippen molar-refractivity contribution >= 4 is 22.4 Å². The molecular formula is C15H13F2NO4S. The van der Waals surface area contributed by atoms with Gasteiger partial charge in [-0.05, 0) is 42.3 Å². The van der Waals surface area contributed by atoms with Gasteiger partial charge in [-0.3, -0.25) is 13.4 Å². The molecular weight excluding hydrogens is 328 g/mol. The Morgan fingerprint density at radius 3 is 2.52 bits per heavy atom. The van der Waals surface area contributed by atoms with E-state index >= 15 is 0 Å². The maximum Gasteiger partial charge on any atom is 0.335 e. The number of anilines is 1. The van der Waals surface area contributed by atoms with Crippen LogP contribution in [0.2, 0.25) is 0 Å². The molecule has 0 amide bonds. The third kappa shape index (κ3) is 2.65. The highest BCUT2D eigenvalue weighted by molar-refractivity contribution is 8.25. The third-order valence-electron chi connectivity index (χ3n) is 3.68. The Labute approximate surface area is 132 Å². The number of aromatic carboxylic acids is 1. The molecule has 3 rings (SSSR count). The van der Waals surface area contributed by atoms with Gasteiger partial charge in [0.15, 0.2) is 0 Å². The fourth-order valence-corrected chi connectivity index (χ4v) is 4.36. The number of carbonyl (C=O) groups is 1. The Hall–Kier alpha value is -2.16. The van der Waals surface area contributed by atoms with Crippen LogP contribution in [0.1, 0.15) is 15.9 Å². The van der Waals surface area contributed by atoms with E-state index in [1.54, 1.807) is 0 Å². The van der Waals surface area contributed by atoms with E-state index in [-0.39, 0.29) is 22.7 Å². The van der Waals surface area contributed by atoms with Crippen LogP contribution in [0.15, 0.2) is 41.3 Å². The van der Waals surface area contributed by atoms with Crippen LogP contribution in [-0.4, -0.2) is 26.7 Å². The van der Waals surface area contributed by atoms with Gasteiger partial charge in [-0.1, -0.05) is 16.8 Å². The number of benzene rings is 2. The molecule has 0 atom stereocenters. The van der Waals surface area contributed by atoms with E-state index in [1.807, 2.05) is 0 Å². The summed E-state index contributed by atoms with van der Waals surface area (Å²) in [5.74, 6) is -2.79. The van der Waals surface area contributed by atoms with Gasteiger partial charge in [0.05, 0.1) is 16.1 Å².